The van der Waals surface area contributed by atoms with Crippen LogP contribution in [0, 0.1) is 5.92 Å². The number of urea groups is 1. The highest BCUT2D eigenvalue weighted by molar-refractivity contribution is 5.82. The van der Waals surface area contributed by atoms with Crippen LogP contribution in [0.25, 0.3) is 0 Å². The van der Waals surface area contributed by atoms with Crippen LogP contribution in [0.3, 0.4) is 0 Å². The molecule has 0 atom stereocenters. The fourth-order valence-corrected chi connectivity index (χ4v) is 3.42. The normalized spacial score (nSPS) is 20.3. The van der Waals surface area contributed by atoms with Crippen molar-refractivity contribution in [1.29, 1.82) is 0 Å². The Morgan fingerprint density at radius 1 is 0.955 bits per heavy atom. The number of rotatable bonds is 2. The van der Waals surface area contributed by atoms with Gasteiger partial charge in [-0.1, -0.05) is 30.3 Å². The quantitative estimate of drug-likeness (QED) is 0.842. The Hall–Kier alpha value is -1.84. The lowest BCUT2D eigenvalue weighted by Crippen LogP contribution is -2.49. The molecular formula is C18H24N2O2. The summed E-state index contributed by atoms with van der Waals surface area (Å²) in [6, 6.07) is 10.7. The van der Waals surface area contributed by atoms with Crippen LogP contribution in [0.4, 0.5) is 4.79 Å². The van der Waals surface area contributed by atoms with Gasteiger partial charge in [-0.15, -0.1) is 0 Å². The molecule has 0 radical (unpaired) electrons. The predicted molar refractivity (Wildman–Crippen MR) is 85.7 cm³/mol. The zero-order valence-corrected chi connectivity index (χ0v) is 13.0. The van der Waals surface area contributed by atoms with E-state index >= 15 is 0 Å². The molecule has 22 heavy (non-hydrogen) atoms. The second-order valence-corrected chi connectivity index (χ2v) is 6.43. The molecule has 2 fully saturated rings. The number of hydrogen-bond acceptors (Lipinski definition) is 2. The number of carbonyl (C=O) groups excluding carboxylic acids is 2. The van der Waals surface area contributed by atoms with Gasteiger partial charge in [0.2, 0.25) is 0 Å². The summed E-state index contributed by atoms with van der Waals surface area (Å²) in [4.78, 5) is 27.6. The van der Waals surface area contributed by atoms with E-state index in [1.165, 1.54) is 5.56 Å². The van der Waals surface area contributed by atoms with E-state index in [1.54, 1.807) is 0 Å². The largest absolute Gasteiger partial charge is 0.325 e. The molecule has 3 rings (SSSR count). The zero-order chi connectivity index (χ0) is 15.4. The van der Waals surface area contributed by atoms with E-state index in [0.29, 0.717) is 31.8 Å². The average molecular weight is 300 g/mol. The molecule has 118 valence electrons. The van der Waals surface area contributed by atoms with Crippen LogP contribution in [0.2, 0.25) is 0 Å². The van der Waals surface area contributed by atoms with E-state index in [1.807, 2.05) is 15.9 Å². The summed E-state index contributed by atoms with van der Waals surface area (Å²) < 4.78 is 0. The van der Waals surface area contributed by atoms with Crippen molar-refractivity contribution < 1.29 is 9.59 Å². The van der Waals surface area contributed by atoms with Gasteiger partial charge in [0.1, 0.15) is 5.78 Å². The fourth-order valence-electron chi connectivity index (χ4n) is 3.42. The Labute approximate surface area is 132 Å². The summed E-state index contributed by atoms with van der Waals surface area (Å²) in [6.45, 7) is 2.89. The molecule has 0 spiro atoms. The Morgan fingerprint density at radius 2 is 1.55 bits per heavy atom. The molecule has 4 heteroatoms. The molecule has 2 saturated heterocycles. The highest BCUT2D eigenvalue weighted by Gasteiger charge is 2.28. The first-order valence-electron chi connectivity index (χ1n) is 8.32. The number of hydrogen-bond donors (Lipinski definition) is 0. The smallest absolute Gasteiger partial charge is 0.320 e. The van der Waals surface area contributed by atoms with Crippen molar-refractivity contribution in [3.05, 3.63) is 35.9 Å². The number of carbonyl (C=O) groups is 2. The molecule has 0 N–H and O–H groups in total. The maximum absolute atomic E-state index is 12.5. The lowest BCUT2D eigenvalue weighted by atomic mass is 9.90. The number of ketones is 1. The van der Waals surface area contributed by atoms with Gasteiger partial charge in [-0.2, -0.15) is 0 Å². The van der Waals surface area contributed by atoms with Gasteiger partial charge >= 0.3 is 6.03 Å². The van der Waals surface area contributed by atoms with Gasteiger partial charge in [-0.3, -0.25) is 4.79 Å². The Morgan fingerprint density at radius 3 is 2.18 bits per heavy atom. The molecule has 2 amide bonds. The Bertz CT molecular complexity index is 511. The second kappa shape index (κ2) is 6.95. The average Bonchev–Trinajstić information content (AvgIpc) is 2.57. The van der Waals surface area contributed by atoms with Crippen molar-refractivity contribution in [3.63, 3.8) is 0 Å². The third kappa shape index (κ3) is 3.67. The van der Waals surface area contributed by atoms with Crippen molar-refractivity contribution in [1.82, 2.24) is 9.80 Å². The minimum absolute atomic E-state index is 0.130. The molecule has 4 nitrogen and oxygen atoms in total. The molecule has 1 aromatic carbocycles. The number of Topliss-reactive ketones (excluding diaryl/α,β-unsaturated/α-hetero) is 1. The Kier molecular flexibility index (Phi) is 4.76. The van der Waals surface area contributed by atoms with Crippen molar-refractivity contribution in [3.8, 4) is 0 Å². The van der Waals surface area contributed by atoms with Crippen LogP contribution < -0.4 is 0 Å². The molecule has 2 aliphatic rings. The third-order valence-electron chi connectivity index (χ3n) is 4.84. The van der Waals surface area contributed by atoms with Crippen molar-refractivity contribution in [2.45, 2.75) is 32.1 Å². The lowest BCUT2D eigenvalue weighted by Gasteiger charge is -2.37. The molecule has 0 unspecified atom stereocenters. The minimum atomic E-state index is 0.130. The number of amides is 2. The first-order chi connectivity index (χ1) is 10.7. The standard InChI is InChI=1S/C18H24N2O2/c21-17-8-12-20(13-9-17)18(22)19-10-6-16(7-11-19)14-15-4-2-1-3-5-15/h1-5,16H,6-14H2. The summed E-state index contributed by atoms with van der Waals surface area (Å²) in [5.74, 6) is 0.958. The summed E-state index contributed by atoms with van der Waals surface area (Å²) in [6.07, 6.45) is 4.31. The third-order valence-corrected chi connectivity index (χ3v) is 4.84. The molecular weight excluding hydrogens is 276 g/mol. The van der Waals surface area contributed by atoms with Gasteiger partial charge in [0, 0.05) is 39.0 Å². The van der Waals surface area contributed by atoms with E-state index in [4.69, 9.17) is 0 Å². The number of nitrogens with zero attached hydrogens (tertiary/aromatic N) is 2. The fraction of sp³-hybridized carbons (Fsp3) is 0.556. The first-order valence-corrected chi connectivity index (χ1v) is 8.32. The highest BCUT2D eigenvalue weighted by Crippen LogP contribution is 2.23. The maximum Gasteiger partial charge on any atom is 0.320 e. The van der Waals surface area contributed by atoms with E-state index in [0.717, 1.165) is 32.4 Å². The van der Waals surface area contributed by atoms with E-state index < -0.39 is 0 Å². The summed E-state index contributed by atoms with van der Waals surface area (Å²) in [5.41, 5.74) is 1.39. The molecule has 0 saturated carbocycles. The number of likely N-dealkylation sites (tertiary alicyclic amines) is 2. The van der Waals surface area contributed by atoms with E-state index in [-0.39, 0.29) is 11.8 Å². The van der Waals surface area contributed by atoms with Crippen LogP contribution in [-0.2, 0) is 11.2 Å². The molecule has 0 aromatic heterocycles. The van der Waals surface area contributed by atoms with Crippen LogP contribution in [0.5, 0.6) is 0 Å². The number of piperidine rings is 2. The van der Waals surface area contributed by atoms with Gasteiger partial charge < -0.3 is 9.80 Å². The highest BCUT2D eigenvalue weighted by atomic mass is 16.2. The van der Waals surface area contributed by atoms with Gasteiger partial charge in [0.15, 0.2) is 0 Å². The van der Waals surface area contributed by atoms with Gasteiger partial charge in [-0.05, 0) is 30.7 Å². The van der Waals surface area contributed by atoms with E-state index in [9.17, 15) is 9.59 Å². The topological polar surface area (TPSA) is 40.6 Å². The minimum Gasteiger partial charge on any atom is -0.325 e. The molecule has 0 bridgehead atoms. The maximum atomic E-state index is 12.5. The summed E-state index contributed by atoms with van der Waals surface area (Å²) >= 11 is 0. The van der Waals surface area contributed by atoms with E-state index in [2.05, 4.69) is 24.3 Å². The number of benzene rings is 1. The van der Waals surface area contributed by atoms with Gasteiger partial charge in [0.25, 0.3) is 0 Å². The molecule has 0 aliphatic carbocycles. The molecule has 2 heterocycles. The lowest BCUT2D eigenvalue weighted by molar-refractivity contribution is -0.121. The summed E-state index contributed by atoms with van der Waals surface area (Å²) in [5, 5.41) is 0. The van der Waals surface area contributed by atoms with Crippen LogP contribution in [0.15, 0.2) is 30.3 Å². The first kappa shape index (κ1) is 15.1. The monoisotopic (exact) mass is 300 g/mol. The van der Waals surface area contributed by atoms with Crippen molar-refractivity contribution in [2.75, 3.05) is 26.2 Å². The molecule has 1 aromatic rings. The SMILES string of the molecule is O=C1CCN(C(=O)N2CCC(Cc3ccccc3)CC2)CC1. The van der Waals surface area contributed by atoms with Crippen LogP contribution in [-0.4, -0.2) is 47.8 Å². The molecule has 2 aliphatic heterocycles. The second-order valence-electron chi connectivity index (χ2n) is 6.43. The summed E-state index contributed by atoms with van der Waals surface area (Å²) in [7, 11) is 0. The predicted octanol–water partition coefficient (Wildman–Crippen LogP) is 2.73. The van der Waals surface area contributed by atoms with Crippen molar-refractivity contribution in [2.24, 2.45) is 5.92 Å². The van der Waals surface area contributed by atoms with Gasteiger partial charge in [0.05, 0.1) is 0 Å². The van der Waals surface area contributed by atoms with Crippen LogP contribution >= 0.6 is 0 Å². The van der Waals surface area contributed by atoms with Crippen molar-refractivity contribution >= 4 is 11.8 Å². The Balaban J connectivity index is 1.47. The van der Waals surface area contributed by atoms with Gasteiger partial charge in [-0.25, -0.2) is 4.79 Å². The zero-order valence-electron chi connectivity index (χ0n) is 13.0. The van der Waals surface area contributed by atoms with Crippen LogP contribution in [0.1, 0.15) is 31.2 Å².